The van der Waals surface area contributed by atoms with Crippen LogP contribution in [0.3, 0.4) is 0 Å². The van der Waals surface area contributed by atoms with Gasteiger partial charge in [0.25, 0.3) is 0 Å². The Balaban J connectivity index is 2.68. The van der Waals surface area contributed by atoms with Crippen molar-refractivity contribution in [1.29, 1.82) is 0 Å². The summed E-state index contributed by atoms with van der Waals surface area (Å²) in [4.78, 5) is 12.1. The number of hydrogen-bond donors (Lipinski definition) is 2. The SMILES string of the molecule is CC(C)C(CNC(=O)[C@@H](N)C(C)(C)C)c1ccccc1. The first-order chi connectivity index (χ1) is 9.23. The average Bonchev–Trinajstić information content (AvgIpc) is 2.37. The van der Waals surface area contributed by atoms with E-state index in [2.05, 4.69) is 31.3 Å². The van der Waals surface area contributed by atoms with Crippen LogP contribution < -0.4 is 11.1 Å². The van der Waals surface area contributed by atoms with Gasteiger partial charge in [0.1, 0.15) is 0 Å². The number of nitrogens with one attached hydrogen (secondary N) is 1. The van der Waals surface area contributed by atoms with Gasteiger partial charge in [-0.25, -0.2) is 0 Å². The molecule has 0 fully saturated rings. The van der Waals surface area contributed by atoms with Crippen molar-refractivity contribution >= 4 is 5.91 Å². The molecule has 0 aliphatic heterocycles. The topological polar surface area (TPSA) is 55.1 Å². The molecule has 2 atom stereocenters. The summed E-state index contributed by atoms with van der Waals surface area (Å²) in [5.41, 5.74) is 7.02. The van der Waals surface area contributed by atoms with E-state index in [1.54, 1.807) is 0 Å². The Morgan fingerprint density at radius 1 is 1.20 bits per heavy atom. The lowest BCUT2D eigenvalue weighted by Gasteiger charge is -2.28. The average molecular weight is 276 g/mol. The molecule has 1 unspecified atom stereocenters. The molecule has 3 nitrogen and oxygen atoms in total. The van der Waals surface area contributed by atoms with E-state index >= 15 is 0 Å². The van der Waals surface area contributed by atoms with E-state index in [1.165, 1.54) is 5.56 Å². The van der Waals surface area contributed by atoms with Gasteiger partial charge in [0.15, 0.2) is 0 Å². The Morgan fingerprint density at radius 3 is 2.20 bits per heavy atom. The second-order valence-corrected chi connectivity index (χ2v) is 6.85. The maximum Gasteiger partial charge on any atom is 0.237 e. The van der Waals surface area contributed by atoms with Crippen molar-refractivity contribution < 1.29 is 4.79 Å². The van der Waals surface area contributed by atoms with Crippen LogP contribution in [0.5, 0.6) is 0 Å². The van der Waals surface area contributed by atoms with Gasteiger partial charge in [0, 0.05) is 12.5 Å². The Bertz CT molecular complexity index is 420. The third-order valence-corrected chi connectivity index (χ3v) is 3.74. The molecule has 0 bridgehead atoms. The van der Waals surface area contributed by atoms with Gasteiger partial charge in [0.05, 0.1) is 6.04 Å². The molecule has 0 saturated heterocycles. The maximum atomic E-state index is 12.1. The van der Waals surface area contributed by atoms with Gasteiger partial charge >= 0.3 is 0 Å². The van der Waals surface area contributed by atoms with Gasteiger partial charge < -0.3 is 11.1 Å². The van der Waals surface area contributed by atoms with Crippen LogP contribution >= 0.6 is 0 Å². The Kier molecular flexibility index (Phi) is 5.75. The zero-order valence-electron chi connectivity index (χ0n) is 13.3. The third kappa shape index (κ3) is 4.64. The minimum atomic E-state index is -0.480. The first-order valence-corrected chi connectivity index (χ1v) is 7.31. The van der Waals surface area contributed by atoms with E-state index in [4.69, 9.17) is 5.73 Å². The van der Waals surface area contributed by atoms with E-state index in [0.29, 0.717) is 18.4 Å². The van der Waals surface area contributed by atoms with E-state index in [-0.39, 0.29) is 11.3 Å². The number of carbonyl (C=O) groups is 1. The van der Waals surface area contributed by atoms with Crippen molar-refractivity contribution in [2.24, 2.45) is 17.1 Å². The number of hydrogen-bond acceptors (Lipinski definition) is 2. The number of benzene rings is 1. The van der Waals surface area contributed by atoms with E-state index < -0.39 is 6.04 Å². The minimum absolute atomic E-state index is 0.0703. The normalized spacial score (nSPS) is 14.9. The van der Waals surface area contributed by atoms with Crippen LogP contribution in [0.15, 0.2) is 30.3 Å². The minimum Gasteiger partial charge on any atom is -0.354 e. The van der Waals surface area contributed by atoms with E-state index in [9.17, 15) is 4.79 Å². The second-order valence-electron chi connectivity index (χ2n) is 6.85. The molecule has 0 aliphatic carbocycles. The molecule has 1 aromatic rings. The summed E-state index contributed by atoms with van der Waals surface area (Å²) in [6.07, 6.45) is 0. The van der Waals surface area contributed by atoms with Gasteiger partial charge in [-0.2, -0.15) is 0 Å². The predicted molar refractivity (Wildman–Crippen MR) is 84.5 cm³/mol. The largest absolute Gasteiger partial charge is 0.354 e. The molecule has 3 N–H and O–H groups in total. The quantitative estimate of drug-likeness (QED) is 0.869. The molecule has 0 aliphatic rings. The van der Waals surface area contributed by atoms with Crippen molar-refractivity contribution in [3.8, 4) is 0 Å². The fourth-order valence-corrected chi connectivity index (χ4v) is 2.15. The molecule has 0 radical (unpaired) electrons. The van der Waals surface area contributed by atoms with Crippen LogP contribution in [-0.2, 0) is 4.79 Å². The summed E-state index contributed by atoms with van der Waals surface area (Å²) in [5.74, 6) is 0.704. The summed E-state index contributed by atoms with van der Waals surface area (Å²) in [6.45, 7) is 10.9. The lowest BCUT2D eigenvalue weighted by molar-refractivity contribution is -0.124. The smallest absolute Gasteiger partial charge is 0.237 e. The standard InChI is InChI=1S/C17H28N2O/c1-12(2)14(13-9-7-6-8-10-13)11-19-16(20)15(18)17(3,4)5/h6-10,12,14-15H,11,18H2,1-5H3,(H,19,20)/t14?,15-/m1/s1. The summed E-state index contributed by atoms with van der Waals surface area (Å²) in [7, 11) is 0. The van der Waals surface area contributed by atoms with Gasteiger partial charge in [-0.3, -0.25) is 4.79 Å². The van der Waals surface area contributed by atoms with Gasteiger partial charge in [-0.15, -0.1) is 0 Å². The zero-order chi connectivity index (χ0) is 15.3. The monoisotopic (exact) mass is 276 g/mol. The van der Waals surface area contributed by atoms with Crippen LogP contribution in [0.4, 0.5) is 0 Å². The number of carbonyl (C=O) groups excluding carboxylic acids is 1. The van der Waals surface area contributed by atoms with Crippen molar-refractivity contribution in [3.63, 3.8) is 0 Å². The zero-order valence-corrected chi connectivity index (χ0v) is 13.3. The second kappa shape index (κ2) is 6.89. The maximum absolute atomic E-state index is 12.1. The van der Waals surface area contributed by atoms with Crippen LogP contribution in [0, 0.1) is 11.3 Å². The molecule has 112 valence electrons. The van der Waals surface area contributed by atoms with Crippen LogP contribution in [0.25, 0.3) is 0 Å². The summed E-state index contributed by atoms with van der Waals surface area (Å²) >= 11 is 0. The van der Waals surface area contributed by atoms with Gasteiger partial charge in [-0.05, 0) is 16.9 Å². The van der Waals surface area contributed by atoms with Crippen molar-refractivity contribution in [3.05, 3.63) is 35.9 Å². The predicted octanol–water partition coefficient (Wildman–Crippen LogP) is 2.92. The first-order valence-electron chi connectivity index (χ1n) is 7.31. The number of rotatable bonds is 5. The number of amides is 1. The van der Waals surface area contributed by atoms with Crippen LogP contribution in [0.1, 0.15) is 46.1 Å². The molecular formula is C17H28N2O. The highest BCUT2D eigenvalue weighted by atomic mass is 16.2. The molecule has 1 aromatic carbocycles. The van der Waals surface area contributed by atoms with Gasteiger partial charge in [0.2, 0.25) is 5.91 Å². The van der Waals surface area contributed by atoms with Crippen LogP contribution in [0.2, 0.25) is 0 Å². The third-order valence-electron chi connectivity index (χ3n) is 3.74. The molecule has 0 saturated carbocycles. The lowest BCUT2D eigenvalue weighted by atomic mass is 9.86. The molecule has 0 spiro atoms. The van der Waals surface area contributed by atoms with E-state index in [1.807, 2.05) is 39.0 Å². The highest BCUT2D eigenvalue weighted by Crippen LogP contribution is 2.24. The van der Waals surface area contributed by atoms with Crippen molar-refractivity contribution in [2.75, 3.05) is 6.54 Å². The Morgan fingerprint density at radius 2 is 1.75 bits per heavy atom. The molecule has 0 aromatic heterocycles. The van der Waals surface area contributed by atoms with Gasteiger partial charge in [-0.1, -0.05) is 65.0 Å². The fraction of sp³-hybridized carbons (Fsp3) is 0.588. The van der Waals surface area contributed by atoms with Crippen LogP contribution in [-0.4, -0.2) is 18.5 Å². The summed E-state index contributed by atoms with van der Waals surface area (Å²) in [6, 6.07) is 9.82. The summed E-state index contributed by atoms with van der Waals surface area (Å²) < 4.78 is 0. The highest BCUT2D eigenvalue weighted by molar-refractivity contribution is 5.82. The number of nitrogens with two attached hydrogens (primary N) is 1. The van der Waals surface area contributed by atoms with E-state index in [0.717, 1.165) is 0 Å². The van der Waals surface area contributed by atoms with Crippen molar-refractivity contribution in [2.45, 2.75) is 46.6 Å². The molecular weight excluding hydrogens is 248 g/mol. The van der Waals surface area contributed by atoms with Crippen molar-refractivity contribution in [1.82, 2.24) is 5.32 Å². The molecule has 0 heterocycles. The molecule has 20 heavy (non-hydrogen) atoms. The summed E-state index contributed by atoms with van der Waals surface area (Å²) in [5, 5.41) is 3.00. The first kappa shape index (κ1) is 16.7. The lowest BCUT2D eigenvalue weighted by Crippen LogP contribution is -2.49. The molecule has 1 amide bonds. The Labute approximate surface area is 122 Å². The Hall–Kier alpha value is -1.35. The fourth-order valence-electron chi connectivity index (χ4n) is 2.15. The highest BCUT2D eigenvalue weighted by Gasteiger charge is 2.28. The molecule has 3 heteroatoms. The molecule has 1 rings (SSSR count).